The average molecular weight is 1190 g/mol. The maximum atomic E-state index is 13.9. The van der Waals surface area contributed by atoms with E-state index in [1.165, 1.54) is 20.8 Å². The molecule has 0 saturated carbocycles. The van der Waals surface area contributed by atoms with Gasteiger partial charge in [-0.15, -0.1) is 0 Å². The molecule has 0 aromatic rings. The van der Waals surface area contributed by atoms with E-state index in [4.69, 9.17) is 41.4 Å². The summed E-state index contributed by atoms with van der Waals surface area (Å²) in [5, 5.41) is -5.97. The van der Waals surface area contributed by atoms with Gasteiger partial charge in [0.2, 0.25) is 0 Å². The Morgan fingerprint density at radius 1 is 0.524 bits per heavy atom. The van der Waals surface area contributed by atoms with E-state index in [-0.39, 0.29) is 19.8 Å². The zero-order valence-electron chi connectivity index (χ0n) is 23.3. The van der Waals surface area contributed by atoms with E-state index in [0.717, 1.165) is 56.4 Å². The average Bonchev–Trinajstić information content (AvgIpc) is 3.33. The molecule has 0 amide bonds. The zero-order valence-corrected chi connectivity index (χ0v) is 34.8. The molecule has 0 bridgehead atoms. The van der Waals surface area contributed by atoms with Gasteiger partial charge in [-0.05, 0) is 0 Å². The van der Waals surface area contributed by atoms with Crippen molar-refractivity contribution in [2.75, 3.05) is 39.8 Å². The second-order valence-corrected chi connectivity index (χ2v) is 38.4. The van der Waals surface area contributed by atoms with E-state index in [1.54, 1.807) is 20.0 Å². The van der Waals surface area contributed by atoms with Crippen LogP contribution in [0.15, 0.2) is 0 Å². The number of alkyl halides is 6. The third-order valence-corrected chi connectivity index (χ3v) is 16.9. The first-order chi connectivity index (χ1) is 19.0. The van der Waals surface area contributed by atoms with E-state index >= 15 is 0 Å². The molecule has 6 aliphatic heterocycles. The molecule has 1 unspecified atom stereocenters. The van der Waals surface area contributed by atoms with Crippen molar-refractivity contribution in [1.29, 1.82) is 0 Å². The van der Waals surface area contributed by atoms with Gasteiger partial charge in [0.25, 0.3) is 0 Å². The van der Waals surface area contributed by atoms with Gasteiger partial charge in [0.05, 0.1) is 0 Å². The van der Waals surface area contributed by atoms with Crippen LogP contribution < -0.4 is 0 Å². The van der Waals surface area contributed by atoms with Crippen LogP contribution in [0.5, 0.6) is 0 Å². The summed E-state index contributed by atoms with van der Waals surface area (Å²) in [7, 11) is 0. The summed E-state index contributed by atoms with van der Waals surface area (Å²) in [6.07, 6.45) is -9.82. The minimum atomic E-state index is -2.09. The van der Waals surface area contributed by atoms with Crippen LogP contribution in [0.25, 0.3) is 0 Å². The van der Waals surface area contributed by atoms with Crippen LogP contribution in [0.1, 0.15) is 20.8 Å². The Bertz CT molecular complexity index is 1050. The van der Waals surface area contributed by atoms with Crippen molar-refractivity contribution in [2.24, 2.45) is 0 Å². The van der Waals surface area contributed by atoms with Gasteiger partial charge in [-0.1, -0.05) is 0 Å². The second-order valence-electron chi connectivity index (χ2n) is 10.9. The molecular weight excluding hydrogens is 1150 g/mol. The van der Waals surface area contributed by atoms with Crippen molar-refractivity contribution in [3.8, 4) is 0 Å². The monoisotopic (exact) mass is 1190 g/mol. The molecule has 0 aliphatic carbocycles. The van der Waals surface area contributed by atoms with Crippen LogP contribution in [0, 0.1) is 0 Å². The number of hydrogen-bond acceptors (Lipinski definition) is 9. The normalized spacial score (nSPS) is 58.4. The van der Waals surface area contributed by atoms with Crippen LogP contribution in [0.3, 0.4) is 0 Å². The van der Waals surface area contributed by atoms with E-state index in [0.29, 0.717) is 0 Å². The molecule has 6 heterocycles. The molecule has 0 radical (unpaired) electrons. The van der Waals surface area contributed by atoms with Crippen molar-refractivity contribution in [3.05, 3.63) is 0 Å². The molecule has 15 atom stereocenters. The first kappa shape index (κ1) is 37.4. The number of fused-ring (bicyclic) bond motifs is 3. The molecule has 0 aromatic heterocycles. The Labute approximate surface area is 271 Å². The van der Waals surface area contributed by atoms with E-state index < -0.39 is 88.8 Å². The quantitative estimate of drug-likeness (QED) is 0.238. The Balaban J connectivity index is 0.000000145. The van der Waals surface area contributed by atoms with Crippen molar-refractivity contribution in [2.45, 2.75) is 93.5 Å². The Morgan fingerprint density at radius 3 is 0.952 bits per heavy atom. The molecule has 246 valence electrons. The molecule has 6 saturated heterocycles. The zero-order chi connectivity index (χ0) is 31.7. The fraction of sp³-hybridized carbons (Fsp3) is 1.00. The van der Waals surface area contributed by atoms with Crippen molar-refractivity contribution < 1.29 is 124 Å². The molecule has 6 aliphatic rings. The Hall–Kier alpha value is 2.57. The summed E-state index contributed by atoms with van der Waals surface area (Å²) in [4.78, 5) is 0. The molecule has 42 heavy (non-hydrogen) atoms. The van der Waals surface area contributed by atoms with Crippen molar-refractivity contribution in [3.63, 3.8) is 0 Å². The van der Waals surface area contributed by atoms with Crippen LogP contribution in [0.2, 0.25) is 0 Å². The maximum absolute atomic E-state index is 13.9. The van der Waals surface area contributed by atoms with Gasteiger partial charge in [-0.2, -0.15) is 0 Å². The third kappa shape index (κ3) is 8.06. The molecule has 9 nitrogen and oxygen atoms in total. The van der Waals surface area contributed by atoms with Crippen molar-refractivity contribution in [1.82, 2.24) is 0 Å². The molecule has 21 heteroatoms. The fourth-order valence-electron chi connectivity index (χ4n) is 4.86. The number of halogens is 6. The predicted octanol–water partition coefficient (Wildman–Crippen LogP) is 5.29. The summed E-state index contributed by atoms with van der Waals surface area (Å²) in [5.41, 5.74) is 0. The van der Waals surface area contributed by atoms with Gasteiger partial charge in [-0.3, -0.25) is 0 Å². The van der Waals surface area contributed by atoms with E-state index in [1.807, 2.05) is 0 Å². The first-order valence-corrected chi connectivity index (χ1v) is 30.5. The van der Waals surface area contributed by atoms with Gasteiger partial charge >= 0.3 is 273 Å². The standard InChI is InChI=1S/3C7H11F2O3P.3W/c3*1-4-5(8)6-7(9,11-4)3-10-13(2)12-6;;;/h3*4-6H,3H2,1-2H3;;;/t4-,5-,6-,7+,13?;4-,5-,6-,7+,13+;4-,5-,6-,7+,13-;;;/m000.../s1. The summed E-state index contributed by atoms with van der Waals surface area (Å²) in [5.74, 6) is -6.27. The minimum absolute atomic E-state index is 0.212. The topological polar surface area (TPSA) is 83.1 Å². The van der Waals surface area contributed by atoms with Crippen LogP contribution in [-0.4, -0.2) is 113 Å². The molecule has 0 spiro atoms. The third-order valence-electron chi connectivity index (χ3n) is 7.04. The summed E-state index contributed by atoms with van der Waals surface area (Å²) >= 11 is 3.30. The summed E-state index contributed by atoms with van der Waals surface area (Å²) in [6, 6.07) is 0. The SMILES string of the molecule is C[C@@H]1O[C@]2(F)CO[P@@](C)(=[W])O[C@H]2[C@H]1F.C[C@@H]1O[C@]2(F)CO[P@](C)(=[W])O[C@H]2[C@H]1F.C[C@@H]1O[C@]2(F)CO[P](C)(=[W])O[C@H]2[C@H]1F. The van der Waals surface area contributed by atoms with Crippen LogP contribution in [-0.2, 0) is 97.8 Å². The van der Waals surface area contributed by atoms with E-state index in [9.17, 15) is 26.3 Å². The molecule has 6 rings (SSSR count). The Morgan fingerprint density at radius 2 is 0.738 bits per heavy atom. The van der Waals surface area contributed by atoms with Gasteiger partial charge < -0.3 is 0 Å². The molecule has 6 fully saturated rings. The number of hydrogen-bond donors (Lipinski definition) is 0. The molecule has 0 aromatic carbocycles. The molecular formula is C21H33F6O9P3W3. The predicted molar refractivity (Wildman–Crippen MR) is 129 cm³/mol. The van der Waals surface area contributed by atoms with Gasteiger partial charge in [0.1, 0.15) is 0 Å². The van der Waals surface area contributed by atoms with Gasteiger partial charge in [0.15, 0.2) is 0 Å². The van der Waals surface area contributed by atoms with Crippen LogP contribution in [0.4, 0.5) is 26.3 Å². The van der Waals surface area contributed by atoms with Crippen LogP contribution >= 0.6 is 16.1 Å². The number of ether oxygens (including phenoxy) is 3. The van der Waals surface area contributed by atoms with E-state index in [2.05, 4.69) is 0 Å². The van der Waals surface area contributed by atoms with Gasteiger partial charge in [0, 0.05) is 0 Å². The van der Waals surface area contributed by atoms with Crippen molar-refractivity contribution >= 4 is 16.1 Å². The summed E-state index contributed by atoms with van der Waals surface area (Å²) in [6.45, 7) is 9.21. The fourth-order valence-corrected chi connectivity index (χ4v) is 13.0. The first-order valence-electron chi connectivity index (χ1n) is 12.8. The second kappa shape index (κ2) is 13.1. The Kier molecular flexibility index (Phi) is 11.7. The van der Waals surface area contributed by atoms with Gasteiger partial charge in [-0.25, -0.2) is 0 Å². The number of rotatable bonds is 0. The summed E-state index contributed by atoms with van der Waals surface area (Å²) < 4.78 is 129. The molecule has 0 N–H and O–H groups in total.